The number of hydrogen-bond donors (Lipinski definition) is 1. The molecule has 6 nitrogen and oxygen atoms in total. The largest absolute Gasteiger partial charge is 0.494 e. The molecule has 0 bridgehead atoms. The summed E-state index contributed by atoms with van der Waals surface area (Å²) in [5.74, 6) is 1.07. The number of nitrogens with zero attached hydrogens (tertiary/aromatic N) is 2. The molecule has 1 N–H and O–H groups in total. The predicted molar refractivity (Wildman–Crippen MR) is 128 cm³/mol. The number of piperazine rings is 1. The van der Waals surface area contributed by atoms with E-state index in [2.05, 4.69) is 10.2 Å². The first-order valence-corrected chi connectivity index (χ1v) is 11.5. The second kappa shape index (κ2) is 11.7. The summed E-state index contributed by atoms with van der Waals surface area (Å²) < 4.78 is 5.75. The van der Waals surface area contributed by atoms with Crippen molar-refractivity contribution in [3.63, 3.8) is 0 Å². The maximum absolute atomic E-state index is 12.5. The van der Waals surface area contributed by atoms with Crippen LogP contribution in [0.3, 0.4) is 0 Å². The minimum atomic E-state index is -0.00390. The number of amides is 2. The van der Waals surface area contributed by atoms with Gasteiger partial charge in [-0.3, -0.25) is 14.5 Å². The highest BCUT2D eigenvalue weighted by atomic mass is 16.5. The Morgan fingerprint density at radius 1 is 0.938 bits per heavy atom. The summed E-state index contributed by atoms with van der Waals surface area (Å²) in [4.78, 5) is 29.0. The molecule has 1 aliphatic rings. The molecule has 0 atom stereocenters. The number of nitrogens with one attached hydrogen (secondary N) is 1. The molecule has 0 aromatic heterocycles. The fourth-order valence-electron chi connectivity index (χ4n) is 3.98. The van der Waals surface area contributed by atoms with Crippen molar-refractivity contribution in [3.05, 3.63) is 59.2 Å². The molecule has 0 unspecified atom stereocenters. The Morgan fingerprint density at radius 2 is 1.62 bits per heavy atom. The Labute approximate surface area is 191 Å². The Balaban J connectivity index is 1.31. The molecule has 0 saturated carbocycles. The lowest BCUT2D eigenvalue weighted by molar-refractivity contribution is -0.133. The van der Waals surface area contributed by atoms with Gasteiger partial charge in [-0.1, -0.05) is 30.3 Å². The molecule has 0 aliphatic carbocycles. The Morgan fingerprint density at radius 3 is 2.31 bits per heavy atom. The summed E-state index contributed by atoms with van der Waals surface area (Å²) in [6, 6.07) is 14.0. The number of carbonyl (C=O) groups excluding carboxylic acids is 2. The van der Waals surface area contributed by atoms with Crippen molar-refractivity contribution in [3.8, 4) is 5.75 Å². The van der Waals surface area contributed by atoms with Gasteiger partial charge in [0.2, 0.25) is 11.8 Å². The first-order valence-electron chi connectivity index (χ1n) is 11.5. The van der Waals surface area contributed by atoms with Crippen LogP contribution < -0.4 is 10.1 Å². The van der Waals surface area contributed by atoms with E-state index in [0.717, 1.165) is 48.5 Å². The third kappa shape index (κ3) is 7.09. The molecule has 0 spiro atoms. The van der Waals surface area contributed by atoms with Crippen molar-refractivity contribution >= 4 is 17.5 Å². The van der Waals surface area contributed by atoms with Crippen molar-refractivity contribution in [2.24, 2.45) is 0 Å². The number of rotatable bonds is 9. The SMILES string of the molecule is Cc1cccc(OCCCCC(=O)N2CCN(CC(=O)Nc3c(C)cccc3C)CC2)c1. The highest BCUT2D eigenvalue weighted by Gasteiger charge is 2.22. The second-order valence-electron chi connectivity index (χ2n) is 8.59. The fourth-order valence-corrected chi connectivity index (χ4v) is 3.98. The van der Waals surface area contributed by atoms with Crippen molar-refractivity contribution in [2.45, 2.75) is 40.0 Å². The number of hydrogen-bond acceptors (Lipinski definition) is 4. The van der Waals surface area contributed by atoms with Gasteiger partial charge in [0.25, 0.3) is 0 Å². The lowest BCUT2D eigenvalue weighted by Gasteiger charge is -2.34. The van der Waals surface area contributed by atoms with Crippen LogP contribution in [-0.4, -0.2) is 60.9 Å². The molecule has 0 radical (unpaired) electrons. The van der Waals surface area contributed by atoms with Gasteiger partial charge in [-0.05, 0) is 62.4 Å². The minimum Gasteiger partial charge on any atom is -0.494 e. The van der Waals surface area contributed by atoms with E-state index in [-0.39, 0.29) is 11.8 Å². The molecule has 172 valence electrons. The smallest absolute Gasteiger partial charge is 0.238 e. The van der Waals surface area contributed by atoms with Gasteiger partial charge >= 0.3 is 0 Å². The van der Waals surface area contributed by atoms with Crippen LogP contribution >= 0.6 is 0 Å². The van der Waals surface area contributed by atoms with Crippen LogP contribution in [0.2, 0.25) is 0 Å². The molecule has 1 fully saturated rings. The van der Waals surface area contributed by atoms with E-state index in [4.69, 9.17) is 4.74 Å². The summed E-state index contributed by atoms with van der Waals surface area (Å²) in [5, 5.41) is 3.04. The van der Waals surface area contributed by atoms with Crippen molar-refractivity contribution < 1.29 is 14.3 Å². The number of carbonyl (C=O) groups is 2. The quantitative estimate of drug-likeness (QED) is 0.604. The summed E-state index contributed by atoms with van der Waals surface area (Å²) in [5.41, 5.74) is 4.22. The zero-order valence-electron chi connectivity index (χ0n) is 19.5. The monoisotopic (exact) mass is 437 g/mol. The molecule has 1 aliphatic heterocycles. The average Bonchev–Trinajstić information content (AvgIpc) is 2.76. The topological polar surface area (TPSA) is 61.9 Å². The van der Waals surface area contributed by atoms with Gasteiger partial charge < -0.3 is 15.0 Å². The van der Waals surface area contributed by atoms with Crippen molar-refractivity contribution in [1.29, 1.82) is 0 Å². The predicted octanol–water partition coefficient (Wildman–Crippen LogP) is 3.94. The molecule has 3 rings (SSSR count). The normalized spacial score (nSPS) is 14.3. The lowest BCUT2D eigenvalue weighted by Crippen LogP contribution is -2.50. The molecule has 2 amide bonds. The van der Waals surface area contributed by atoms with E-state index < -0.39 is 0 Å². The minimum absolute atomic E-state index is 0.00390. The number of unbranched alkanes of at least 4 members (excludes halogenated alkanes) is 1. The van der Waals surface area contributed by atoms with Crippen LogP contribution in [0.25, 0.3) is 0 Å². The highest BCUT2D eigenvalue weighted by molar-refractivity contribution is 5.93. The summed E-state index contributed by atoms with van der Waals surface area (Å²) in [6.07, 6.45) is 2.23. The lowest BCUT2D eigenvalue weighted by atomic mass is 10.1. The van der Waals surface area contributed by atoms with E-state index in [1.807, 2.05) is 68.1 Å². The van der Waals surface area contributed by atoms with Crippen LogP contribution in [-0.2, 0) is 9.59 Å². The van der Waals surface area contributed by atoms with E-state index in [1.165, 1.54) is 5.56 Å². The third-order valence-electron chi connectivity index (χ3n) is 5.88. The Kier molecular flexibility index (Phi) is 8.68. The van der Waals surface area contributed by atoms with Crippen molar-refractivity contribution in [1.82, 2.24) is 9.80 Å². The summed E-state index contributed by atoms with van der Waals surface area (Å²) in [6.45, 7) is 9.83. The van der Waals surface area contributed by atoms with Gasteiger partial charge in [-0.25, -0.2) is 0 Å². The molecule has 2 aromatic rings. The molecule has 1 saturated heterocycles. The van der Waals surface area contributed by atoms with Gasteiger partial charge in [0.1, 0.15) is 5.75 Å². The standard InChI is InChI=1S/C26H35N3O3/c1-20-8-6-11-23(18-20)32-17-5-4-12-25(31)29-15-13-28(14-16-29)19-24(30)27-26-21(2)9-7-10-22(26)3/h6-11,18H,4-5,12-17,19H2,1-3H3,(H,27,30). The zero-order chi connectivity index (χ0) is 22.9. The second-order valence-corrected chi connectivity index (χ2v) is 8.59. The van der Waals surface area contributed by atoms with E-state index >= 15 is 0 Å². The Bertz CT molecular complexity index is 900. The van der Waals surface area contributed by atoms with Gasteiger partial charge in [-0.15, -0.1) is 0 Å². The average molecular weight is 438 g/mol. The van der Waals surface area contributed by atoms with Gasteiger partial charge in [0, 0.05) is 38.3 Å². The number of benzene rings is 2. The first-order chi connectivity index (χ1) is 15.4. The van der Waals surface area contributed by atoms with Crippen LogP contribution in [0.5, 0.6) is 5.75 Å². The number of anilines is 1. The molecular formula is C26H35N3O3. The zero-order valence-corrected chi connectivity index (χ0v) is 19.5. The molecule has 32 heavy (non-hydrogen) atoms. The van der Waals surface area contributed by atoms with Gasteiger partial charge in [-0.2, -0.15) is 0 Å². The highest BCUT2D eigenvalue weighted by Crippen LogP contribution is 2.19. The van der Waals surface area contributed by atoms with E-state index in [9.17, 15) is 9.59 Å². The van der Waals surface area contributed by atoms with Crippen LogP contribution in [0.4, 0.5) is 5.69 Å². The third-order valence-corrected chi connectivity index (χ3v) is 5.88. The van der Waals surface area contributed by atoms with Gasteiger partial charge in [0.05, 0.1) is 13.2 Å². The molecule has 1 heterocycles. The van der Waals surface area contributed by atoms with Crippen LogP contribution in [0.15, 0.2) is 42.5 Å². The summed E-state index contributed by atoms with van der Waals surface area (Å²) in [7, 11) is 0. The number of aryl methyl sites for hydroxylation is 3. The molecule has 2 aromatic carbocycles. The van der Waals surface area contributed by atoms with Crippen LogP contribution in [0.1, 0.15) is 36.0 Å². The summed E-state index contributed by atoms with van der Waals surface area (Å²) >= 11 is 0. The number of para-hydroxylation sites is 1. The molecular weight excluding hydrogens is 402 g/mol. The Hall–Kier alpha value is -2.86. The fraction of sp³-hybridized carbons (Fsp3) is 0.462. The van der Waals surface area contributed by atoms with E-state index in [0.29, 0.717) is 32.7 Å². The maximum Gasteiger partial charge on any atom is 0.238 e. The van der Waals surface area contributed by atoms with Gasteiger partial charge in [0.15, 0.2) is 0 Å². The molecule has 6 heteroatoms. The van der Waals surface area contributed by atoms with E-state index in [1.54, 1.807) is 0 Å². The van der Waals surface area contributed by atoms with Crippen LogP contribution in [0, 0.1) is 20.8 Å². The van der Waals surface area contributed by atoms with Crippen molar-refractivity contribution in [2.75, 3.05) is 44.6 Å². The number of ether oxygens (including phenoxy) is 1. The maximum atomic E-state index is 12.5. The first kappa shape index (κ1) is 23.8.